The minimum atomic E-state index is -0.0158. The Morgan fingerprint density at radius 1 is 1.36 bits per heavy atom. The monoisotopic (exact) mass is 379 g/mol. The Bertz CT molecular complexity index is 962. The lowest BCUT2D eigenvalue weighted by Gasteiger charge is -2.07. The summed E-state index contributed by atoms with van der Waals surface area (Å²) < 4.78 is 7.12. The zero-order valence-corrected chi connectivity index (χ0v) is 16.0. The van der Waals surface area contributed by atoms with Crippen LogP contribution in [0.25, 0.3) is 11.0 Å². The van der Waals surface area contributed by atoms with E-state index < -0.39 is 0 Å². The molecule has 1 aliphatic rings. The lowest BCUT2D eigenvalue weighted by Crippen LogP contribution is -2.29. The average molecular weight is 379 g/mol. The molecule has 3 heterocycles. The molecule has 1 amide bonds. The van der Waals surface area contributed by atoms with Gasteiger partial charge >= 0.3 is 0 Å². The van der Waals surface area contributed by atoms with Crippen LogP contribution in [0.4, 0.5) is 0 Å². The molecule has 7 nitrogen and oxygen atoms in total. The van der Waals surface area contributed by atoms with Crippen molar-refractivity contribution in [3.05, 3.63) is 53.9 Å². The van der Waals surface area contributed by atoms with Crippen LogP contribution < -0.4 is 15.4 Å². The van der Waals surface area contributed by atoms with Gasteiger partial charge in [0.05, 0.1) is 25.8 Å². The first kappa shape index (κ1) is 18.4. The van der Waals surface area contributed by atoms with Crippen LogP contribution >= 0.6 is 0 Å². The van der Waals surface area contributed by atoms with Gasteiger partial charge in [0.25, 0.3) is 0 Å². The maximum absolute atomic E-state index is 12.3. The summed E-state index contributed by atoms with van der Waals surface area (Å²) in [4.78, 5) is 16.8. The van der Waals surface area contributed by atoms with E-state index in [0.29, 0.717) is 25.4 Å². The summed E-state index contributed by atoms with van der Waals surface area (Å²) in [7, 11) is 1.62. The summed E-state index contributed by atoms with van der Waals surface area (Å²) in [5.74, 6) is 1.17. The number of rotatable bonds is 7. The van der Waals surface area contributed by atoms with Crippen molar-refractivity contribution in [2.45, 2.75) is 25.3 Å². The summed E-state index contributed by atoms with van der Waals surface area (Å²) in [6.07, 6.45) is 3.21. The van der Waals surface area contributed by atoms with Crippen LogP contribution in [0.1, 0.15) is 23.6 Å². The molecule has 7 heteroatoms. The number of ether oxygens (including phenoxy) is 1. The summed E-state index contributed by atoms with van der Waals surface area (Å²) in [5.41, 5.74) is 2.92. The Morgan fingerprint density at radius 2 is 2.29 bits per heavy atom. The summed E-state index contributed by atoms with van der Waals surface area (Å²) >= 11 is 0. The first-order valence-electron chi connectivity index (χ1n) is 9.66. The van der Waals surface area contributed by atoms with Crippen LogP contribution in [0.3, 0.4) is 0 Å². The maximum atomic E-state index is 12.3. The molecule has 146 valence electrons. The molecule has 0 aliphatic carbocycles. The number of nitrogens with zero attached hydrogens (tertiary/aromatic N) is 3. The third-order valence-electron chi connectivity index (χ3n) is 5.13. The molecule has 0 bridgehead atoms. The van der Waals surface area contributed by atoms with E-state index in [9.17, 15) is 4.79 Å². The fourth-order valence-corrected chi connectivity index (χ4v) is 3.71. The molecule has 0 saturated carbocycles. The highest BCUT2D eigenvalue weighted by atomic mass is 16.5. The molecule has 2 aromatic heterocycles. The molecular formula is C21H25N5O2. The number of pyridine rings is 1. The largest absolute Gasteiger partial charge is 0.497 e. The molecule has 28 heavy (non-hydrogen) atoms. The molecular weight excluding hydrogens is 354 g/mol. The number of amides is 1. The molecule has 4 rings (SSSR count). The summed E-state index contributed by atoms with van der Waals surface area (Å²) in [5, 5.41) is 12.3. The van der Waals surface area contributed by atoms with Crippen LogP contribution in [0.5, 0.6) is 5.75 Å². The minimum Gasteiger partial charge on any atom is -0.497 e. The lowest BCUT2D eigenvalue weighted by molar-refractivity contribution is -0.120. The van der Waals surface area contributed by atoms with Crippen LogP contribution in [-0.4, -0.2) is 47.4 Å². The molecule has 3 aromatic rings. The van der Waals surface area contributed by atoms with Gasteiger partial charge in [-0.15, -0.1) is 0 Å². The van der Waals surface area contributed by atoms with Gasteiger partial charge in [0.1, 0.15) is 5.75 Å². The minimum absolute atomic E-state index is 0.0158. The number of aromatic nitrogens is 3. The normalized spacial score (nSPS) is 16.4. The molecule has 0 spiro atoms. The highest BCUT2D eigenvalue weighted by molar-refractivity contribution is 5.79. The second-order valence-electron chi connectivity index (χ2n) is 7.05. The number of benzene rings is 1. The molecule has 1 saturated heterocycles. The Balaban J connectivity index is 1.39. The van der Waals surface area contributed by atoms with E-state index in [2.05, 4.69) is 21.7 Å². The predicted molar refractivity (Wildman–Crippen MR) is 107 cm³/mol. The third-order valence-corrected chi connectivity index (χ3v) is 5.13. The van der Waals surface area contributed by atoms with Gasteiger partial charge in [-0.05, 0) is 42.8 Å². The van der Waals surface area contributed by atoms with Crippen molar-refractivity contribution in [2.24, 2.45) is 0 Å². The third kappa shape index (κ3) is 3.99. The van der Waals surface area contributed by atoms with E-state index in [1.807, 2.05) is 35.0 Å². The standard InChI is InChI=1S/C21H25N5O2/c1-28-17-5-2-4-15(12-17)13-19(27)23-10-11-26-21-18(6-3-8-24-21)20(25-26)16-7-9-22-14-16/h2-6,8,12,16,22H,7,9-11,13-14H2,1H3,(H,23,27)/t16-/m1/s1. The topological polar surface area (TPSA) is 81.1 Å². The molecule has 0 unspecified atom stereocenters. The van der Waals surface area contributed by atoms with Gasteiger partial charge in [0, 0.05) is 30.6 Å². The first-order valence-corrected chi connectivity index (χ1v) is 9.66. The SMILES string of the molecule is COc1cccc(CC(=O)NCCn2nc([C@@H]3CCNC3)c3cccnc32)c1. The number of carbonyl (C=O) groups is 1. The zero-order chi connectivity index (χ0) is 19.3. The van der Waals surface area contributed by atoms with E-state index in [1.165, 1.54) is 0 Å². The first-order chi connectivity index (χ1) is 13.7. The van der Waals surface area contributed by atoms with Crippen molar-refractivity contribution < 1.29 is 9.53 Å². The van der Waals surface area contributed by atoms with Gasteiger partial charge < -0.3 is 15.4 Å². The van der Waals surface area contributed by atoms with Gasteiger partial charge in [0.2, 0.25) is 5.91 Å². The van der Waals surface area contributed by atoms with Crippen molar-refractivity contribution in [3.63, 3.8) is 0 Å². The second-order valence-corrected chi connectivity index (χ2v) is 7.05. The predicted octanol–water partition coefficient (Wildman–Crippen LogP) is 1.88. The molecule has 2 N–H and O–H groups in total. The smallest absolute Gasteiger partial charge is 0.224 e. The van der Waals surface area contributed by atoms with Gasteiger partial charge in [-0.3, -0.25) is 4.79 Å². The van der Waals surface area contributed by atoms with Gasteiger partial charge in [-0.1, -0.05) is 12.1 Å². The van der Waals surface area contributed by atoms with Crippen LogP contribution in [0.15, 0.2) is 42.6 Å². The van der Waals surface area contributed by atoms with E-state index >= 15 is 0 Å². The Labute approximate surface area is 164 Å². The fraction of sp³-hybridized carbons (Fsp3) is 0.381. The van der Waals surface area contributed by atoms with Crippen molar-refractivity contribution in [3.8, 4) is 5.75 Å². The number of methoxy groups -OCH3 is 1. The van der Waals surface area contributed by atoms with Crippen LogP contribution in [0, 0.1) is 0 Å². The maximum Gasteiger partial charge on any atom is 0.224 e. The Kier molecular flexibility index (Phi) is 5.53. The molecule has 0 radical (unpaired) electrons. The van der Waals surface area contributed by atoms with Crippen molar-refractivity contribution >= 4 is 16.9 Å². The van der Waals surface area contributed by atoms with E-state index in [-0.39, 0.29) is 5.91 Å². The Hall–Kier alpha value is -2.93. The van der Waals surface area contributed by atoms with E-state index in [4.69, 9.17) is 9.84 Å². The number of fused-ring (bicyclic) bond motifs is 1. The number of hydrogen-bond acceptors (Lipinski definition) is 5. The van der Waals surface area contributed by atoms with Crippen molar-refractivity contribution in [2.75, 3.05) is 26.7 Å². The summed E-state index contributed by atoms with van der Waals surface area (Å²) in [6.45, 7) is 3.09. The molecule has 1 atom stereocenters. The number of nitrogens with one attached hydrogen (secondary N) is 2. The van der Waals surface area contributed by atoms with E-state index in [1.54, 1.807) is 13.3 Å². The van der Waals surface area contributed by atoms with E-state index in [0.717, 1.165) is 47.6 Å². The lowest BCUT2D eigenvalue weighted by atomic mass is 10.0. The summed E-state index contributed by atoms with van der Waals surface area (Å²) in [6, 6.07) is 11.6. The quantitative estimate of drug-likeness (QED) is 0.655. The van der Waals surface area contributed by atoms with Crippen LogP contribution in [-0.2, 0) is 17.8 Å². The second kappa shape index (κ2) is 8.39. The molecule has 1 aromatic carbocycles. The van der Waals surface area contributed by atoms with Crippen molar-refractivity contribution in [1.82, 2.24) is 25.4 Å². The molecule has 1 fully saturated rings. The molecule has 1 aliphatic heterocycles. The highest BCUT2D eigenvalue weighted by Gasteiger charge is 2.23. The Morgan fingerprint density at radius 3 is 3.11 bits per heavy atom. The van der Waals surface area contributed by atoms with Crippen molar-refractivity contribution in [1.29, 1.82) is 0 Å². The fourth-order valence-electron chi connectivity index (χ4n) is 3.71. The average Bonchev–Trinajstić information content (AvgIpc) is 3.36. The van der Waals surface area contributed by atoms with Crippen LogP contribution in [0.2, 0.25) is 0 Å². The number of hydrogen-bond donors (Lipinski definition) is 2. The van der Waals surface area contributed by atoms with Gasteiger partial charge in [0.15, 0.2) is 5.65 Å². The van der Waals surface area contributed by atoms with Gasteiger partial charge in [-0.25, -0.2) is 9.67 Å². The van der Waals surface area contributed by atoms with Gasteiger partial charge in [-0.2, -0.15) is 5.10 Å². The highest BCUT2D eigenvalue weighted by Crippen LogP contribution is 2.27. The number of carbonyl (C=O) groups excluding carboxylic acids is 1. The zero-order valence-electron chi connectivity index (χ0n) is 16.0.